The van der Waals surface area contributed by atoms with Crippen LogP contribution in [0.3, 0.4) is 0 Å². The van der Waals surface area contributed by atoms with Crippen molar-refractivity contribution in [3.05, 3.63) is 45.6 Å². The van der Waals surface area contributed by atoms with E-state index in [1.807, 2.05) is 27.3 Å². The maximum atomic E-state index is 13.2. The summed E-state index contributed by atoms with van der Waals surface area (Å²) in [7, 11) is 7.38. The molecule has 0 bridgehead atoms. The molecule has 0 spiro atoms. The van der Waals surface area contributed by atoms with E-state index in [2.05, 4.69) is 5.32 Å². The predicted molar refractivity (Wildman–Crippen MR) is 175 cm³/mol. The number of ether oxygens (including phenoxy) is 4. The van der Waals surface area contributed by atoms with Crippen molar-refractivity contribution in [2.75, 3.05) is 34.2 Å². The molecular weight excluding hydrogens is 705 g/mol. The summed E-state index contributed by atoms with van der Waals surface area (Å²) in [6.45, 7) is 0. The molecule has 2 aromatic rings. The number of carboxylic acid groups (broad SMARTS) is 2. The lowest BCUT2D eigenvalue weighted by atomic mass is 9.80. The monoisotopic (exact) mass is 743 g/mol. The number of halogens is 1. The van der Waals surface area contributed by atoms with Crippen LogP contribution in [-0.2, 0) is 20.8 Å². The second-order valence-corrected chi connectivity index (χ2v) is 12.9. The third-order valence-electron chi connectivity index (χ3n) is 7.99. The van der Waals surface area contributed by atoms with E-state index in [0.29, 0.717) is 66.2 Å². The molecule has 11 nitrogen and oxygen atoms in total. The smallest absolute Gasteiger partial charge is 0.321 e. The SMILES string of the molecule is COc1cc2c(c(OC)c1OC)-c1ccc(OC)c(=O)cc1[C@@H](NC(=O)CCCCCC(CCSI)(C(=O)O)C(=O)O)CC2. The summed E-state index contributed by atoms with van der Waals surface area (Å²) >= 11 is 2.02. The Labute approximate surface area is 272 Å². The number of benzene rings is 1. The van der Waals surface area contributed by atoms with E-state index in [1.54, 1.807) is 19.2 Å². The van der Waals surface area contributed by atoms with Gasteiger partial charge in [0.1, 0.15) is 0 Å². The molecule has 0 radical (unpaired) electrons. The van der Waals surface area contributed by atoms with Gasteiger partial charge in [-0.05, 0) is 88.2 Å². The van der Waals surface area contributed by atoms with Gasteiger partial charge in [-0.3, -0.25) is 19.2 Å². The fourth-order valence-electron chi connectivity index (χ4n) is 5.63. The van der Waals surface area contributed by atoms with Crippen molar-refractivity contribution in [1.29, 1.82) is 0 Å². The number of hydrogen-bond acceptors (Lipinski definition) is 9. The molecule has 0 aromatic heterocycles. The number of aliphatic carboxylic acids is 2. The zero-order valence-electron chi connectivity index (χ0n) is 25.2. The van der Waals surface area contributed by atoms with Crippen LogP contribution in [0.4, 0.5) is 0 Å². The van der Waals surface area contributed by atoms with Crippen LogP contribution < -0.4 is 29.7 Å². The first kappa shape index (κ1) is 35.3. The molecule has 0 unspecified atom stereocenters. The second-order valence-electron chi connectivity index (χ2n) is 10.4. The molecule has 44 heavy (non-hydrogen) atoms. The molecule has 3 rings (SSSR count). The lowest BCUT2D eigenvalue weighted by Crippen LogP contribution is -2.40. The molecule has 0 aliphatic heterocycles. The zero-order valence-corrected chi connectivity index (χ0v) is 28.2. The average Bonchev–Trinajstić information content (AvgIpc) is 3.25. The first-order valence-electron chi connectivity index (χ1n) is 14.1. The van der Waals surface area contributed by atoms with Crippen molar-refractivity contribution in [3.8, 4) is 34.1 Å². The summed E-state index contributed by atoms with van der Waals surface area (Å²) in [4.78, 5) is 49.9. The van der Waals surface area contributed by atoms with Crippen LogP contribution in [0, 0.1) is 5.41 Å². The van der Waals surface area contributed by atoms with Gasteiger partial charge in [0.25, 0.3) is 0 Å². The normalized spacial score (nSPS) is 14.0. The van der Waals surface area contributed by atoms with Crippen LogP contribution in [0.2, 0.25) is 0 Å². The third-order valence-corrected chi connectivity index (χ3v) is 9.67. The van der Waals surface area contributed by atoms with Crippen molar-refractivity contribution in [1.82, 2.24) is 5.32 Å². The Kier molecular flexibility index (Phi) is 13.0. The highest BCUT2D eigenvalue weighted by atomic mass is 127. The van der Waals surface area contributed by atoms with Crippen LogP contribution in [0.25, 0.3) is 11.1 Å². The summed E-state index contributed by atoms with van der Waals surface area (Å²) in [5, 5.41) is 22.4. The molecule has 240 valence electrons. The van der Waals surface area contributed by atoms with Crippen molar-refractivity contribution < 1.29 is 43.5 Å². The fraction of sp³-hybridized carbons (Fsp3) is 0.484. The molecule has 3 N–H and O–H groups in total. The average molecular weight is 744 g/mol. The van der Waals surface area contributed by atoms with Crippen LogP contribution in [0.1, 0.15) is 62.1 Å². The summed E-state index contributed by atoms with van der Waals surface area (Å²) in [6, 6.07) is 6.23. The predicted octanol–water partition coefficient (Wildman–Crippen LogP) is 5.43. The molecular formula is C31H38INO10S. The number of carbonyl (C=O) groups excluding carboxylic acids is 1. The summed E-state index contributed by atoms with van der Waals surface area (Å²) < 4.78 is 22.3. The first-order chi connectivity index (χ1) is 21.1. The number of carbonyl (C=O) groups is 3. The summed E-state index contributed by atoms with van der Waals surface area (Å²) in [5.41, 5.74) is 0.754. The molecule has 1 atom stereocenters. The quantitative estimate of drug-likeness (QED) is 0.114. The molecule has 1 aliphatic rings. The van der Waals surface area contributed by atoms with Gasteiger partial charge in [-0.25, -0.2) is 0 Å². The lowest BCUT2D eigenvalue weighted by Gasteiger charge is -2.24. The number of hydrogen-bond donors (Lipinski definition) is 3. The Morgan fingerprint density at radius 2 is 1.61 bits per heavy atom. The summed E-state index contributed by atoms with van der Waals surface area (Å²) in [5.74, 6) is -0.990. The molecule has 1 aliphatic carbocycles. The minimum Gasteiger partial charge on any atom is -0.493 e. The largest absolute Gasteiger partial charge is 0.493 e. The van der Waals surface area contributed by atoms with Crippen LogP contribution in [0.15, 0.2) is 29.1 Å². The number of aryl methyl sites for hydroxylation is 1. The topological polar surface area (TPSA) is 158 Å². The second kappa shape index (κ2) is 16.2. The third kappa shape index (κ3) is 7.71. The number of fused-ring (bicyclic) bond motifs is 3. The van der Waals surface area contributed by atoms with Crippen LogP contribution >= 0.6 is 30.1 Å². The number of unbranched alkanes of at least 4 members (excludes halogenated alkanes) is 2. The maximum absolute atomic E-state index is 13.2. The number of rotatable bonds is 16. The van der Waals surface area contributed by atoms with E-state index in [4.69, 9.17) is 18.9 Å². The maximum Gasteiger partial charge on any atom is 0.321 e. The highest BCUT2D eigenvalue weighted by molar-refractivity contribution is 14.2. The van der Waals surface area contributed by atoms with E-state index >= 15 is 0 Å². The van der Waals surface area contributed by atoms with Gasteiger partial charge < -0.3 is 34.5 Å². The van der Waals surface area contributed by atoms with Crippen molar-refractivity contribution in [3.63, 3.8) is 0 Å². The molecule has 0 heterocycles. The Morgan fingerprint density at radius 1 is 0.932 bits per heavy atom. The van der Waals surface area contributed by atoms with E-state index in [-0.39, 0.29) is 36.3 Å². The molecule has 13 heteroatoms. The first-order valence-corrected chi connectivity index (χ1v) is 17.6. The van der Waals surface area contributed by atoms with E-state index in [9.17, 15) is 29.4 Å². The fourth-order valence-corrected chi connectivity index (χ4v) is 6.72. The van der Waals surface area contributed by atoms with Crippen molar-refractivity contribution in [2.45, 2.75) is 57.4 Å². The molecule has 0 saturated heterocycles. The number of carboxylic acids is 2. The lowest BCUT2D eigenvalue weighted by molar-refractivity contribution is -0.165. The highest BCUT2D eigenvalue weighted by Crippen LogP contribution is 2.50. The van der Waals surface area contributed by atoms with Gasteiger partial charge in [0.15, 0.2) is 22.7 Å². The van der Waals surface area contributed by atoms with E-state index in [0.717, 1.165) is 11.1 Å². The summed E-state index contributed by atoms with van der Waals surface area (Å²) in [6.07, 6.45) is 2.52. The van der Waals surface area contributed by atoms with Crippen molar-refractivity contribution in [2.24, 2.45) is 5.41 Å². The molecule has 2 aromatic carbocycles. The van der Waals surface area contributed by atoms with Gasteiger partial charge in [-0.1, -0.05) is 27.8 Å². The van der Waals surface area contributed by atoms with Crippen molar-refractivity contribution >= 4 is 48.0 Å². The molecule has 0 saturated carbocycles. The molecule has 1 amide bonds. The van der Waals surface area contributed by atoms with Gasteiger partial charge in [0, 0.05) is 17.7 Å². The van der Waals surface area contributed by atoms with Gasteiger partial charge in [0.2, 0.25) is 17.1 Å². The van der Waals surface area contributed by atoms with Gasteiger partial charge in [0.05, 0.1) is 34.5 Å². The standard InChI is InChI=1S/C31H38INO10S/c1-40-23-12-10-19-20(17-22(23)34)21(11-9-18-16-24(41-2)27(42-3)28(43-4)26(18)19)33-25(35)8-6-5-7-13-31(29(36)37,30(38)39)14-15-44-32/h10,12,16-17,21H,5-9,11,13-15H2,1-4H3,(H,33,35)(H,36,37)(H,38,39)/t21-/m0/s1. The number of nitrogens with one attached hydrogen (secondary N) is 1. The van der Waals surface area contributed by atoms with E-state index < -0.39 is 23.4 Å². The minimum atomic E-state index is -1.83. The zero-order chi connectivity index (χ0) is 32.4. The van der Waals surface area contributed by atoms with Crippen LogP contribution in [-0.4, -0.2) is 62.3 Å². The van der Waals surface area contributed by atoms with Gasteiger partial charge in [-0.2, -0.15) is 0 Å². The van der Waals surface area contributed by atoms with Gasteiger partial charge in [-0.15, -0.1) is 0 Å². The Hall–Kier alpha value is -3.20. The minimum absolute atomic E-state index is 0.00981. The molecule has 0 fully saturated rings. The Bertz CT molecular complexity index is 1420. The number of amides is 1. The van der Waals surface area contributed by atoms with E-state index in [1.165, 1.54) is 36.3 Å². The van der Waals surface area contributed by atoms with Gasteiger partial charge >= 0.3 is 11.9 Å². The van der Waals surface area contributed by atoms with Crippen LogP contribution in [0.5, 0.6) is 23.0 Å². The Morgan fingerprint density at radius 3 is 2.20 bits per heavy atom. The highest BCUT2D eigenvalue weighted by Gasteiger charge is 2.45. The number of methoxy groups -OCH3 is 4. The Balaban J connectivity index is 1.84.